The molecule has 0 fully saturated rings. The molecule has 3 aliphatic rings. The molecule has 0 saturated heterocycles. The first kappa shape index (κ1) is 31.9. The Morgan fingerprint density at radius 1 is 0.533 bits per heavy atom. The zero-order valence-electron chi connectivity index (χ0n) is 27.6. The van der Waals surface area contributed by atoms with Crippen LogP contribution in [0.3, 0.4) is 0 Å². The van der Waals surface area contributed by atoms with Crippen molar-refractivity contribution in [1.82, 2.24) is 16.0 Å². The van der Waals surface area contributed by atoms with Crippen molar-refractivity contribution < 1.29 is 14.2 Å². The molecule has 0 aliphatic carbocycles. The molecule has 0 amide bonds. The summed E-state index contributed by atoms with van der Waals surface area (Å²) in [4.78, 5) is 0. The van der Waals surface area contributed by atoms with E-state index in [1.54, 1.807) is 21.3 Å². The molecule has 242 valence electrons. The van der Waals surface area contributed by atoms with Crippen LogP contribution in [0.4, 0.5) is 0 Å². The summed E-state index contributed by atoms with van der Waals surface area (Å²) in [5.74, 6) is 3.64. The minimum atomic E-state index is 0.433. The predicted octanol–water partition coefficient (Wildman–Crippen LogP) is 7.41. The summed E-state index contributed by atoms with van der Waals surface area (Å²) in [5, 5.41) is 11.5. The van der Waals surface area contributed by atoms with Gasteiger partial charge in [0.1, 0.15) is 17.2 Å². The zero-order chi connectivity index (χ0) is 31.0. The fourth-order valence-corrected chi connectivity index (χ4v) is 8.06. The van der Waals surface area contributed by atoms with Gasteiger partial charge in [-0.2, -0.15) is 0 Å². The zero-order valence-corrected chi connectivity index (χ0v) is 27.6. The van der Waals surface area contributed by atoms with Gasteiger partial charge >= 0.3 is 0 Å². The summed E-state index contributed by atoms with van der Waals surface area (Å²) >= 11 is 0. The lowest BCUT2D eigenvalue weighted by atomic mass is 9.83. The quantitative estimate of drug-likeness (QED) is 0.165. The summed E-state index contributed by atoms with van der Waals surface area (Å²) in [7, 11) is 5.29. The van der Waals surface area contributed by atoms with E-state index in [1.807, 2.05) is 0 Å². The Kier molecular flexibility index (Phi) is 11.0. The maximum atomic E-state index is 5.53. The van der Waals surface area contributed by atoms with Crippen molar-refractivity contribution >= 4 is 0 Å². The summed E-state index contributed by atoms with van der Waals surface area (Å²) in [6.45, 7) is 3.14. The second-order valence-corrected chi connectivity index (χ2v) is 13.3. The lowest BCUT2D eigenvalue weighted by Gasteiger charge is -2.31. The summed E-state index contributed by atoms with van der Waals surface area (Å²) in [6, 6.07) is 21.3. The Bertz CT molecular complexity index is 1340. The molecule has 3 atom stereocenters. The van der Waals surface area contributed by atoms with Crippen molar-refractivity contribution in [2.75, 3.05) is 41.0 Å². The van der Waals surface area contributed by atoms with Crippen LogP contribution in [0.2, 0.25) is 0 Å². The molecule has 3 aliphatic heterocycles. The second-order valence-electron chi connectivity index (χ2n) is 13.3. The molecule has 6 heteroatoms. The molecule has 3 heterocycles. The molecule has 0 radical (unpaired) electrons. The molecule has 0 bridgehead atoms. The third kappa shape index (κ3) is 7.85. The van der Waals surface area contributed by atoms with Gasteiger partial charge < -0.3 is 30.2 Å². The Morgan fingerprint density at radius 3 is 1.33 bits per heavy atom. The van der Waals surface area contributed by atoms with Gasteiger partial charge in [0.25, 0.3) is 0 Å². The van der Waals surface area contributed by atoms with E-state index in [0.717, 1.165) is 62.1 Å². The number of nitrogens with one attached hydrogen (secondary N) is 3. The van der Waals surface area contributed by atoms with Crippen LogP contribution >= 0.6 is 0 Å². The fourth-order valence-electron chi connectivity index (χ4n) is 8.06. The van der Waals surface area contributed by atoms with E-state index >= 15 is 0 Å². The lowest BCUT2D eigenvalue weighted by molar-refractivity contribution is 0.322. The number of hydrogen-bond acceptors (Lipinski definition) is 6. The predicted molar refractivity (Wildman–Crippen MR) is 183 cm³/mol. The standard InChI is InChI=1S/C39H53N3O3/c1-43-31-10-13-34-28(24-31)18-21-40-37(34)7-5-4-6-27(8-16-38-35-14-11-32(44-2)25-29(35)19-22-41-38)9-17-39-36-15-12-33(45-3)26-30(36)20-23-42-39/h10-15,24-27,37-42H,4-9,16-23H2,1-3H3. The monoisotopic (exact) mass is 611 g/mol. The van der Waals surface area contributed by atoms with Crippen LogP contribution in [0.1, 0.15) is 103 Å². The lowest BCUT2D eigenvalue weighted by Crippen LogP contribution is -2.31. The van der Waals surface area contributed by atoms with Gasteiger partial charge in [-0.15, -0.1) is 0 Å². The molecule has 0 aromatic heterocycles. The van der Waals surface area contributed by atoms with Crippen molar-refractivity contribution in [3.63, 3.8) is 0 Å². The number of ether oxygens (including phenoxy) is 3. The highest BCUT2D eigenvalue weighted by molar-refractivity contribution is 5.41. The summed E-state index contributed by atoms with van der Waals surface area (Å²) in [5.41, 5.74) is 8.76. The van der Waals surface area contributed by atoms with Gasteiger partial charge in [0.05, 0.1) is 21.3 Å². The van der Waals surface area contributed by atoms with Crippen molar-refractivity contribution in [1.29, 1.82) is 0 Å². The highest BCUT2D eigenvalue weighted by Crippen LogP contribution is 2.36. The Balaban J connectivity index is 1.08. The Labute approximate surface area is 270 Å². The fraction of sp³-hybridized carbons (Fsp3) is 0.538. The van der Waals surface area contributed by atoms with Crippen molar-refractivity contribution in [2.45, 2.75) is 88.8 Å². The second kappa shape index (κ2) is 15.5. The van der Waals surface area contributed by atoms with Crippen molar-refractivity contribution in [3.8, 4) is 17.2 Å². The average molecular weight is 612 g/mol. The van der Waals surface area contributed by atoms with Crippen LogP contribution in [-0.2, 0) is 19.3 Å². The van der Waals surface area contributed by atoms with E-state index in [2.05, 4.69) is 70.5 Å². The van der Waals surface area contributed by atoms with Gasteiger partial charge in [0, 0.05) is 18.1 Å². The van der Waals surface area contributed by atoms with Crippen molar-refractivity contribution in [2.24, 2.45) is 5.92 Å². The molecular weight excluding hydrogens is 558 g/mol. The van der Waals surface area contributed by atoms with Crippen LogP contribution in [-0.4, -0.2) is 41.0 Å². The first-order valence-electron chi connectivity index (χ1n) is 17.4. The van der Waals surface area contributed by atoms with Crippen LogP contribution < -0.4 is 30.2 Å². The molecular formula is C39H53N3O3. The van der Waals surface area contributed by atoms with Crippen LogP contribution in [0.15, 0.2) is 54.6 Å². The van der Waals surface area contributed by atoms with Gasteiger partial charge in [-0.05, 0) is 147 Å². The molecule has 6 nitrogen and oxygen atoms in total. The van der Waals surface area contributed by atoms with Crippen molar-refractivity contribution in [3.05, 3.63) is 88.0 Å². The number of benzene rings is 3. The van der Waals surface area contributed by atoms with Crippen LogP contribution in [0.5, 0.6) is 17.2 Å². The van der Waals surface area contributed by atoms with Crippen LogP contribution in [0.25, 0.3) is 0 Å². The third-order valence-corrected chi connectivity index (χ3v) is 10.6. The van der Waals surface area contributed by atoms with Gasteiger partial charge in [0.15, 0.2) is 0 Å². The van der Waals surface area contributed by atoms with E-state index in [-0.39, 0.29) is 0 Å². The largest absolute Gasteiger partial charge is 0.497 e. The maximum absolute atomic E-state index is 5.53. The molecule has 3 N–H and O–H groups in total. The minimum absolute atomic E-state index is 0.433. The van der Waals surface area contributed by atoms with Gasteiger partial charge in [0.2, 0.25) is 0 Å². The first-order valence-corrected chi connectivity index (χ1v) is 17.4. The van der Waals surface area contributed by atoms with E-state index in [0.29, 0.717) is 18.1 Å². The van der Waals surface area contributed by atoms with Crippen LogP contribution in [0, 0.1) is 5.92 Å². The van der Waals surface area contributed by atoms with Gasteiger partial charge in [-0.25, -0.2) is 0 Å². The van der Waals surface area contributed by atoms with E-state index in [1.165, 1.54) is 84.7 Å². The SMILES string of the molecule is COc1ccc2c(c1)CCNC2CCCCC(CCC1NCCc2cc(OC)ccc21)CCC1NCCc2cc(OC)ccc21. The molecule has 3 aromatic carbocycles. The van der Waals surface area contributed by atoms with Gasteiger partial charge in [-0.3, -0.25) is 0 Å². The van der Waals surface area contributed by atoms with Gasteiger partial charge in [-0.1, -0.05) is 37.5 Å². The molecule has 3 aromatic rings. The average Bonchev–Trinajstić information content (AvgIpc) is 3.09. The number of hydrogen-bond donors (Lipinski definition) is 3. The normalized spacial score (nSPS) is 21.3. The Morgan fingerprint density at radius 2 is 0.933 bits per heavy atom. The van der Waals surface area contributed by atoms with E-state index in [9.17, 15) is 0 Å². The molecule has 0 spiro atoms. The van der Waals surface area contributed by atoms with E-state index in [4.69, 9.17) is 14.2 Å². The number of rotatable bonds is 14. The number of methoxy groups -OCH3 is 3. The first-order chi connectivity index (χ1) is 22.1. The smallest absolute Gasteiger partial charge is 0.119 e. The molecule has 3 unspecified atom stereocenters. The molecule has 0 saturated carbocycles. The third-order valence-electron chi connectivity index (χ3n) is 10.6. The van der Waals surface area contributed by atoms with E-state index < -0.39 is 0 Å². The topological polar surface area (TPSA) is 63.8 Å². The summed E-state index contributed by atoms with van der Waals surface area (Å²) < 4.78 is 16.5. The number of unbranched alkanes of at least 4 members (excludes halogenated alkanes) is 1. The summed E-state index contributed by atoms with van der Waals surface area (Å²) in [6.07, 6.45) is 13.2. The maximum Gasteiger partial charge on any atom is 0.119 e. The molecule has 45 heavy (non-hydrogen) atoms. The minimum Gasteiger partial charge on any atom is -0.497 e. The highest BCUT2D eigenvalue weighted by Gasteiger charge is 2.25. The highest BCUT2D eigenvalue weighted by atomic mass is 16.5. The number of fused-ring (bicyclic) bond motifs is 3. The molecule has 6 rings (SSSR count). The Hall–Kier alpha value is -3.06.